The fourth-order valence-electron chi connectivity index (χ4n) is 2.60. The van der Waals surface area contributed by atoms with Crippen LogP contribution in [0.1, 0.15) is 25.7 Å². The summed E-state index contributed by atoms with van der Waals surface area (Å²) in [5, 5.41) is 7.68. The lowest BCUT2D eigenvalue weighted by molar-refractivity contribution is -0.137. The third-order valence-electron chi connectivity index (χ3n) is 4.05. The highest BCUT2D eigenvalue weighted by Crippen LogP contribution is 2.12. The summed E-state index contributed by atoms with van der Waals surface area (Å²) in [6.07, 6.45) is 3.61. The normalized spacial score (nSPS) is 16.1. The smallest absolute Gasteiger partial charge is 0.239 e. The Hall–Kier alpha value is -2.04. The maximum Gasteiger partial charge on any atom is 0.239 e. The number of carbonyl (C=O) groups excluding carboxylic acids is 3. The van der Waals surface area contributed by atoms with Gasteiger partial charge in [0.05, 0.1) is 19.3 Å². The van der Waals surface area contributed by atoms with Gasteiger partial charge in [0.25, 0.3) is 0 Å². The summed E-state index contributed by atoms with van der Waals surface area (Å²) in [6.45, 7) is 1.71. The number of carbonyl (C=O) groups is 3. The van der Waals surface area contributed by atoms with Gasteiger partial charge in [-0.1, -0.05) is 0 Å². The minimum Gasteiger partial charge on any atom is -0.383 e. The number of nitrogens with zero attached hydrogens (tertiary/aromatic N) is 2. The number of nitrogens with one attached hydrogen (secondary N) is 2. The summed E-state index contributed by atoms with van der Waals surface area (Å²) in [4.78, 5) is 41.8. The number of aromatic nitrogens is 1. The molecule has 1 aromatic rings. The van der Waals surface area contributed by atoms with Crippen LogP contribution in [0.25, 0.3) is 0 Å². The van der Waals surface area contributed by atoms with Crippen molar-refractivity contribution >= 4 is 34.2 Å². The van der Waals surface area contributed by atoms with Gasteiger partial charge in [-0.25, -0.2) is 4.98 Å². The van der Waals surface area contributed by atoms with Gasteiger partial charge in [-0.2, -0.15) is 0 Å². The van der Waals surface area contributed by atoms with E-state index in [9.17, 15) is 14.4 Å². The number of thiazole rings is 1. The number of anilines is 1. The highest BCUT2D eigenvalue weighted by molar-refractivity contribution is 7.13. The third-order valence-corrected chi connectivity index (χ3v) is 4.74. The van der Waals surface area contributed by atoms with Crippen molar-refractivity contribution in [3.8, 4) is 0 Å². The van der Waals surface area contributed by atoms with Crippen molar-refractivity contribution in [1.29, 1.82) is 0 Å². The molecule has 150 valence electrons. The lowest BCUT2D eigenvalue weighted by Crippen LogP contribution is -2.44. The van der Waals surface area contributed by atoms with E-state index in [1.807, 2.05) is 0 Å². The summed E-state index contributed by atoms with van der Waals surface area (Å²) in [7, 11) is 1.53. The average Bonchev–Trinajstić information content (AvgIpc) is 3.35. The number of amides is 3. The summed E-state index contributed by atoms with van der Waals surface area (Å²) < 4.78 is 10.5. The first kappa shape index (κ1) is 21.3. The van der Waals surface area contributed by atoms with Gasteiger partial charge >= 0.3 is 0 Å². The molecule has 0 aromatic carbocycles. The Labute approximate surface area is 162 Å². The molecule has 2 N–H and O–H groups in total. The fourth-order valence-corrected chi connectivity index (χ4v) is 3.15. The first-order valence-electron chi connectivity index (χ1n) is 8.93. The SMILES string of the molecule is COCCN(CC(=O)NC[C@H]1CCCO1)C(=O)CCC(=O)Nc1nccs1. The highest BCUT2D eigenvalue weighted by atomic mass is 32.1. The van der Waals surface area contributed by atoms with Crippen LogP contribution in [0.15, 0.2) is 11.6 Å². The molecule has 0 aliphatic carbocycles. The van der Waals surface area contributed by atoms with Gasteiger partial charge in [0.1, 0.15) is 0 Å². The molecule has 9 nitrogen and oxygen atoms in total. The van der Waals surface area contributed by atoms with Gasteiger partial charge in [-0.05, 0) is 12.8 Å². The molecule has 0 unspecified atom stereocenters. The minimum atomic E-state index is -0.284. The number of hydrogen-bond acceptors (Lipinski definition) is 7. The molecule has 1 atom stereocenters. The molecule has 1 fully saturated rings. The van der Waals surface area contributed by atoms with Crippen LogP contribution >= 0.6 is 11.3 Å². The molecular formula is C17H26N4O5S. The van der Waals surface area contributed by atoms with E-state index in [1.165, 1.54) is 23.3 Å². The van der Waals surface area contributed by atoms with Crippen molar-refractivity contribution in [2.45, 2.75) is 31.8 Å². The van der Waals surface area contributed by atoms with E-state index < -0.39 is 0 Å². The zero-order valence-electron chi connectivity index (χ0n) is 15.4. The molecule has 0 saturated carbocycles. The lowest BCUT2D eigenvalue weighted by atomic mass is 10.2. The second kappa shape index (κ2) is 11.6. The molecule has 2 heterocycles. The van der Waals surface area contributed by atoms with Crippen molar-refractivity contribution in [3.63, 3.8) is 0 Å². The molecule has 0 spiro atoms. The van der Waals surface area contributed by atoms with Gasteiger partial charge in [0, 0.05) is 51.2 Å². The predicted octanol–water partition coefficient (Wildman–Crippen LogP) is 0.632. The highest BCUT2D eigenvalue weighted by Gasteiger charge is 2.20. The zero-order chi connectivity index (χ0) is 19.5. The Balaban J connectivity index is 1.75. The molecule has 1 aromatic heterocycles. The van der Waals surface area contributed by atoms with Crippen LogP contribution < -0.4 is 10.6 Å². The van der Waals surface area contributed by atoms with Crippen LogP contribution in [0.2, 0.25) is 0 Å². The summed E-state index contributed by atoms with van der Waals surface area (Å²) in [6, 6.07) is 0. The molecule has 1 aliphatic rings. The van der Waals surface area contributed by atoms with Crippen LogP contribution in [0.3, 0.4) is 0 Å². The second-order valence-electron chi connectivity index (χ2n) is 6.13. The van der Waals surface area contributed by atoms with Crippen LogP contribution in [-0.2, 0) is 23.9 Å². The molecule has 3 amide bonds. The molecule has 1 aliphatic heterocycles. The Morgan fingerprint density at radius 1 is 1.37 bits per heavy atom. The molecule has 27 heavy (non-hydrogen) atoms. The number of rotatable bonds is 11. The van der Waals surface area contributed by atoms with Gasteiger partial charge in [0.2, 0.25) is 17.7 Å². The van der Waals surface area contributed by atoms with E-state index in [1.54, 1.807) is 11.6 Å². The first-order valence-corrected chi connectivity index (χ1v) is 9.81. The van der Waals surface area contributed by atoms with Gasteiger partial charge in [0.15, 0.2) is 5.13 Å². The summed E-state index contributed by atoms with van der Waals surface area (Å²) in [5.74, 6) is -0.802. The number of hydrogen-bond donors (Lipinski definition) is 2. The van der Waals surface area contributed by atoms with E-state index >= 15 is 0 Å². The van der Waals surface area contributed by atoms with Crippen molar-refractivity contribution in [3.05, 3.63) is 11.6 Å². The number of methoxy groups -OCH3 is 1. The Bertz CT molecular complexity index is 604. The van der Waals surface area contributed by atoms with Gasteiger partial charge in [-0.3, -0.25) is 14.4 Å². The molecule has 0 bridgehead atoms. The van der Waals surface area contributed by atoms with Crippen molar-refractivity contribution in [2.24, 2.45) is 0 Å². The molecule has 10 heteroatoms. The van der Waals surface area contributed by atoms with Crippen LogP contribution in [0, 0.1) is 0 Å². The predicted molar refractivity (Wildman–Crippen MR) is 100 cm³/mol. The quantitative estimate of drug-likeness (QED) is 0.566. The van der Waals surface area contributed by atoms with Crippen molar-refractivity contribution in [2.75, 3.05) is 45.3 Å². The lowest BCUT2D eigenvalue weighted by Gasteiger charge is -2.22. The monoisotopic (exact) mass is 398 g/mol. The van der Waals surface area contributed by atoms with E-state index in [2.05, 4.69) is 15.6 Å². The Morgan fingerprint density at radius 2 is 2.22 bits per heavy atom. The van der Waals surface area contributed by atoms with E-state index in [0.717, 1.165) is 19.4 Å². The van der Waals surface area contributed by atoms with E-state index in [-0.39, 0.29) is 49.8 Å². The standard InChI is InChI=1S/C17H26N4O5S/c1-25-9-7-21(12-15(23)19-11-13-3-2-8-26-13)16(24)5-4-14(22)20-17-18-6-10-27-17/h6,10,13H,2-5,7-9,11-12H2,1H3,(H,19,23)(H,18,20,22)/t13-/m1/s1. The number of ether oxygens (including phenoxy) is 2. The maximum absolute atomic E-state index is 12.4. The van der Waals surface area contributed by atoms with Crippen LogP contribution in [0.5, 0.6) is 0 Å². The zero-order valence-corrected chi connectivity index (χ0v) is 16.3. The molecule has 2 rings (SSSR count). The Kier molecular flexibility index (Phi) is 9.16. The summed E-state index contributed by atoms with van der Waals surface area (Å²) >= 11 is 1.31. The van der Waals surface area contributed by atoms with E-state index in [0.29, 0.717) is 18.3 Å². The van der Waals surface area contributed by atoms with Crippen molar-refractivity contribution in [1.82, 2.24) is 15.2 Å². The average molecular weight is 398 g/mol. The van der Waals surface area contributed by atoms with Gasteiger partial charge < -0.3 is 25.0 Å². The molecule has 0 radical (unpaired) electrons. The maximum atomic E-state index is 12.4. The third kappa shape index (κ3) is 8.02. The van der Waals surface area contributed by atoms with E-state index in [4.69, 9.17) is 9.47 Å². The first-order chi connectivity index (χ1) is 13.1. The van der Waals surface area contributed by atoms with Crippen LogP contribution in [-0.4, -0.2) is 73.7 Å². The summed E-state index contributed by atoms with van der Waals surface area (Å²) in [5.41, 5.74) is 0. The largest absolute Gasteiger partial charge is 0.383 e. The minimum absolute atomic E-state index is 0.0138. The molecule has 1 saturated heterocycles. The van der Waals surface area contributed by atoms with Gasteiger partial charge in [-0.15, -0.1) is 11.3 Å². The van der Waals surface area contributed by atoms with Crippen molar-refractivity contribution < 1.29 is 23.9 Å². The topological polar surface area (TPSA) is 110 Å². The molecular weight excluding hydrogens is 372 g/mol. The Morgan fingerprint density at radius 3 is 2.89 bits per heavy atom. The van der Waals surface area contributed by atoms with Crippen LogP contribution in [0.4, 0.5) is 5.13 Å². The fraction of sp³-hybridized carbons (Fsp3) is 0.647. The second-order valence-corrected chi connectivity index (χ2v) is 7.03.